The van der Waals surface area contributed by atoms with Crippen LogP contribution in [0.15, 0.2) is 42.5 Å². The lowest BCUT2D eigenvalue weighted by atomic mass is 10.1. The molecule has 1 amide bonds. The highest BCUT2D eigenvalue weighted by molar-refractivity contribution is 5.94. The first-order valence-corrected chi connectivity index (χ1v) is 7.06. The molecule has 0 fully saturated rings. The molecule has 0 aliphatic rings. The van der Waals surface area contributed by atoms with Gasteiger partial charge in [-0.25, -0.2) is 0 Å². The van der Waals surface area contributed by atoms with Gasteiger partial charge in [-0.1, -0.05) is 17.7 Å². The molecule has 0 saturated heterocycles. The highest BCUT2D eigenvalue weighted by Gasteiger charge is 2.07. The zero-order chi connectivity index (χ0) is 15.9. The maximum Gasteiger partial charge on any atom is 0.251 e. The lowest BCUT2D eigenvalue weighted by Crippen LogP contribution is -2.25. The quantitative estimate of drug-likeness (QED) is 0.922. The van der Waals surface area contributed by atoms with Gasteiger partial charge in [-0.3, -0.25) is 4.79 Å². The van der Waals surface area contributed by atoms with E-state index in [0.29, 0.717) is 24.1 Å². The fourth-order valence-electron chi connectivity index (χ4n) is 2.21. The molecule has 0 bridgehead atoms. The first-order valence-electron chi connectivity index (χ1n) is 7.06. The van der Waals surface area contributed by atoms with Crippen LogP contribution in [0.1, 0.15) is 27.0 Å². The molecule has 0 aliphatic carbocycles. The molecule has 112 valence electrons. The van der Waals surface area contributed by atoms with Crippen LogP contribution in [0.5, 0.6) is 5.75 Å². The number of nitrogens with zero attached hydrogens (tertiary/aromatic N) is 1. The Balaban J connectivity index is 1.94. The van der Waals surface area contributed by atoms with Crippen molar-refractivity contribution in [2.75, 3.05) is 13.7 Å². The van der Waals surface area contributed by atoms with Gasteiger partial charge in [0.15, 0.2) is 0 Å². The minimum absolute atomic E-state index is 0.142. The Labute approximate surface area is 130 Å². The molecule has 4 heteroatoms. The smallest absolute Gasteiger partial charge is 0.251 e. The number of hydrogen-bond acceptors (Lipinski definition) is 3. The van der Waals surface area contributed by atoms with E-state index >= 15 is 0 Å². The number of rotatable bonds is 5. The fourth-order valence-corrected chi connectivity index (χ4v) is 2.21. The van der Waals surface area contributed by atoms with Gasteiger partial charge in [0.25, 0.3) is 5.91 Å². The van der Waals surface area contributed by atoms with Crippen LogP contribution in [0.25, 0.3) is 0 Å². The van der Waals surface area contributed by atoms with Gasteiger partial charge >= 0.3 is 0 Å². The Morgan fingerprint density at radius 1 is 1.23 bits per heavy atom. The minimum atomic E-state index is -0.142. The van der Waals surface area contributed by atoms with Crippen molar-refractivity contribution in [3.8, 4) is 11.8 Å². The summed E-state index contributed by atoms with van der Waals surface area (Å²) in [5, 5.41) is 11.6. The second kappa shape index (κ2) is 7.28. The summed E-state index contributed by atoms with van der Waals surface area (Å²) < 4.78 is 5.32. The van der Waals surface area contributed by atoms with Gasteiger partial charge in [-0.15, -0.1) is 0 Å². The zero-order valence-electron chi connectivity index (χ0n) is 12.7. The van der Waals surface area contributed by atoms with Gasteiger partial charge in [0, 0.05) is 12.1 Å². The third-order valence-electron chi connectivity index (χ3n) is 3.39. The molecule has 1 N–H and O–H groups in total. The molecule has 2 rings (SSSR count). The van der Waals surface area contributed by atoms with Gasteiger partial charge < -0.3 is 10.1 Å². The lowest BCUT2D eigenvalue weighted by molar-refractivity contribution is 0.0954. The number of benzene rings is 2. The molecule has 4 nitrogen and oxygen atoms in total. The fraction of sp³-hybridized carbons (Fsp3) is 0.222. The summed E-state index contributed by atoms with van der Waals surface area (Å²) in [4.78, 5) is 12.0. The van der Waals surface area contributed by atoms with Crippen LogP contribution in [0, 0.1) is 18.3 Å². The predicted molar refractivity (Wildman–Crippen MR) is 84.9 cm³/mol. The summed E-state index contributed by atoms with van der Waals surface area (Å²) in [6.45, 7) is 2.55. The standard InChI is InChI=1S/C18H18N2O2/c1-13-3-8-17(22-2)16(11-13)9-10-20-18(21)15-6-4-14(12-19)5-7-15/h3-8,11H,9-10H2,1-2H3,(H,20,21). The van der Waals surface area contributed by atoms with Crippen molar-refractivity contribution in [2.45, 2.75) is 13.3 Å². The van der Waals surface area contributed by atoms with Gasteiger partial charge in [-0.05, 0) is 49.2 Å². The molecule has 22 heavy (non-hydrogen) atoms. The van der Waals surface area contributed by atoms with Crippen molar-refractivity contribution in [2.24, 2.45) is 0 Å². The summed E-state index contributed by atoms with van der Waals surface area (Å²) in [5.74, 6) is 0.689. The number of nitriles is 1. The van der Waals surface area contributed by atoms with Crippen molar-refractivity contribution < 1.29 is 9.53 Å². The normalized spacial score (nSPS) is 9.86. The van der Waals surface area contributed by atoms with E-state index in [2.05, 4.69) is 11.4 Å². The Hall–Kier alpha value is -2.80. The van der Waals surface area contributed by atoms with Gasteiger partial charge in [0.1, 0.15) is 5.75 Å². The van der Waals surface area contributed by atoms with Crippen molar-refractivity contribution in [3.05, 3.63) is 64.7 Å². The second-order valence-electron chi connectivity index (χ2n) is 5.01. The molecule has 0 heterocycles. The van der Waals surface area contributed by atoms with Crippen LogP contribution in [-0.4, -0.2) is 19.6 Å². The molecule has 2 aromatic carbocycles. The van der Waals surface area contributed by atoms with Gasteiger partial charge in [-0.2, -0.15) is 5.26 Å². The SMILES string of the molecule is COc1ccc(C)cc1CCNC(=O)c1ccc(C#N)cc1. The summed E-state index contributed by atoms with van der Waals surface area (Å²) in [6.07, 6.45) is 0.701. The molecular weight excluding hydrogens is 276 g/mol. The number of ether oxygens (including phenoxy) is 1. The maximum absolute atomic E-state index is 12.0. The molecule has 0 aliphatic heterocycles. The van der Waals surface area contributed by atoms with E-state index in [1.54, 1.807) is 31.4 Å². The topological polar surface area (TPSA) is 62.1 Å². The largest absolute Gasteiger partial charge is 0.496 e. The monoisotopic (exact) mass is 294 g/mol. The van der Waals surface area contributed by atoms with Crippen LogP contribution < -0.4 is 10.1 Å². The van der Waals surface area contributed by atoms with Crippen molar-refractivity contribution in [3.63, 3.8) is 0 Å². The molecule has 0 radical (unpaired) electrons. The number of aryl methyl sites for hydroxylation is 1. The summed E-state index contributed by atoms with van der Waals surface area (Å²) in [7, 11) is 1.64. The predicted octanol–water partition coefficient (Wildman–Crippen LogP) is 2.85. The third kappa shape index (κ3) is 3.86. The Morgan fingerprint density at radius 2 is 1.95 bits per heavy atom. The Kier molecular flexibility index (Phi) is 5.16. The first kappa shape index (κ1) is 15.6. The van der Waals surface area contributed by atoms with Crippen molar-refractivity contribution in [1.82, 2.24) is 5.32 Å². The number of carbonyl (C=O) groups is 1. The molecule has 0 saturated carbocycles. The van der Waals surface area contributed by atoms with E-state index < -0.39 is 0 Å². The Morgan fingerprint density at radius 3 is 2.59 bits per heavy atom. The Bertz CT molecular complexity index is 700. The van der Waals surface area contributed by atoms with Crippen molar-refractivity contribution in [1.29, 1.82) is 5.26 Å². The van der Waals surface area contributed by atoms with Crippen LogP contribution in [0.2, 0.25) is 0 Å². The van der Waals surface area contributed by atoms with Gasteiger partial charge in [0.2, 0.25) is 0 Å². The van der Waals surface area contributed by atoms with Crippen molar-refractivity contribution >= 4 is 5.91 Å². The highest BCUT2D eigenvalue weighted by atomic mass is 16.5. The molecule has 0 atom stereocenters. The molecular formula is C18H18N2O2. The van der Waals surface area contributed by atoms with Crippen LogP contribution in [-0.2, 0) is 6.42 Å². The summed E-state index contributed by atoms with van der Waals surface area (Å²) in [5.41, 5.74) is 3.33. The zero-order valence-corrected chi connectivity index (χ0v) is 12.7. The van der Waals surface area contributed by atoms with E-state index in [1.165, 1.54) is 0 Å². The summed E-state index contributed by atoms with van der Waals surface area (Å²) in [6, 6.07) is 14.6. The third-order valence-corrected chi connectivity index (χ3v) is 3.39. The maximum atomic E-state index is 12.0. The number of amides is 1. The molecule has 2 aromatic rings. The van der Waals surface area contributed by atoms with Crippen LogP contribution >= 0.6 is 0 Å². The lowest BCUT2D eigenvalue weighted by Gasteiger charge is -2.10. The van der Waals surface area contributed by atoms with E-state index in [1.807, 2.05) is 25.1 Å². The number of nitrogens with one attached hydrogen (secondary N) is 1. The van der Waals surface area contributed by atoms with Crippen LogP contribution in [0.3, 0.4) is 0 Å². The van der Waals surface area contributed by atoms with E-state index in [4.69, 9.17) is 10.00 Å². The average molecular weight is 294 g/mol. The van der Waals surface area contributed by atoms with Crippen LogP contribution in [0.4, 0.5) is 0 Å². The number of carbonyl (C=O) groups excluding carboxylic acids is 1. The highest BCUT2D eigenvalue weighted by Crippen LogP contribution is 2.19. The van der Waals surface area contributed by atoms with E-state index in [-0.39, 0.29) is 5.91 Å². The van der Waals surface area contributed by atoms with E-state index in [0.717, 1.165) is 16.9 Å². The molecule has 0 aromatic heterocycles. The first-order chi connectivity index (χ1) is 10.6. The molecule has 0 unspecified atom stereocenters. The van der Waals surface area contributed by atoms with Gasteiger partial charge in [0.05, 0.1) is 18.7 Å². The summed E-state index contributed by atoms with van der Waals surface area (Å²) >= 11 is 0. The van der Waals surface area contributed by atoms with E-state index in [9.17, 15) is 4.79 Å². The number of methoxy groups -OCH3 is 1. The second-order valence-corrected chi connectivity index (χ2v) is 5.01. The average Bonchev–Trinajstić information content (AvgIpc) is 2.55. The number of hydrogen-bond donors (Lipinski definition) is 1. The minimum Gasteiger partial charge on any atom is -0.496 e. The molecule has 0 spiro atoms.